The van der Waals surface area contributed by atoms with Gasteiger partial charge < -0.3 is 5.32 Å². The zero-order chi connectivity index (χ0) is 12.8. The van der Waals surface area contributed by atoms with E-state index in [-0.39, 0.29) is 6.03 Å². The number of aromatic nitrogens is 1. The van der Waals surface area contributed by atoms with Crippen molar-refractivity contribution in [3.05, 3.63) is 35.1 Å². The molecule has 17 heavy (non-hydrogen) atoms. The van der Waals surface area contributed by atoms with Crippen LogP contribution < -0.4 is 10.6 Å². The normalized spacial score (nSPS) is 11.5. The number of hydrogen-bond donors (Lipinski definition) is 2. The number of amides is 2. The van der Waals surface area contributed by atoms with Gasteiger partial charge in [0.1, 0.15) is 5.82 Å². The molecule has 0 radical (unpaired) electrons. The molecule has 0 aliphatic heterocycles. The predicted octanol–water partition coefficient (Wildman–Crippen LogP) is 3.42. The van der Waals surface area contributed by atoms with Gasteiger partial charge in [0.05, 0.1) is 0 Å². The summed E-state index contributed by atoms with van der Waals surface area (Å²) in [6.07, 6.45) is 3.22. The molecule has 92 valence electrons. The highest BCUT2D eigenvalue weighted by molar-refractivity contribution is 6.30. The Labute approximate surface area is 106 Å². The van der Waals surface area contributed by atoms with Crippen molar-refractivity contribution in [3.63, 3.8) is 0 Å². The van der Waals surface area contributed by atoms with Gasteiger partial charge in [-0.05, 0) is 25.0 Å². The van der Waals surface area contributed by atoms with Crippen LogP contribution in [-0.2, 0) is 0 Å². The highest BCUT2D eigenvalue weighted by Crippen LogP contribution is 2.11. The van der Waals surface area contributed by atoms with Gasteiger partial charge >= 0.3 is 6.03 Å². The molecule has 5 heteroatoms. The number of anilines is 1. The number of rotatable bonds is 3. The number of halogens is 1. The third kappa shape index (κ3) is 4.87. The number of nitrogens with one attached hydrogen (secondary N) is 2. The van der Waals surface area contributed by atoms with Crippen molar-refractivity contribution in [2.24, 2.45) is 5.92 Å². The van der Waals surface area contributed by atoms with E-state index in [4.69, 9.17) is 11.6 Å². The van der Waals surface area contributed by atoms with Gasteiger partial charge in [0.15, 0.2) is 0 Å². The summed E-state index contributed by atoms with van der Waals surface area (Å²) in [5.74, 6) is 0.824. The molecule has 0 atom stereocenters. The minimum atomic E-state index is -0.334. The number of carbonyl (C=O) groups is 1. The molecule has 0 saturated carbocycles. The van der Waals surface area contributed by atoms with E-state index in [1.165, 1.54) is 6.20 Å². The molecule has 1 heterocycles. The van der Waals surface area contributed by atoms with Crippen LogP contribution in [0.2, 0.25) is 5.02 Å². The lowest BCUT2D eigenvalue weighted by Crippen LogP contribution is -2.25. The monoisotopic (exact) mass is 253 g/mol. The van der Waals surface area contributed by atoms with Gasteiger partial charge in [0.25, 0.3) is 0 Å². The van der Waals surface area contributed by atoms with E-state index in [1.54, 1.807) is 18.3 Å². The number of nitrogens with zero attached hydrogens (tertiary/aromatic N) is 1. The fourth-order valence-corrected chi connectivity index (χ4v) is 1.13. The van der Waals surface area contributed by atoms with Crippen molar-refractivity contribution in [1.82, 2.24) is 10.3 Å². The van der Waals surface area contributed by atoms with Gasteiger partial charge in [-0.25, -0.2) is 9.78 Å². The largest absolute Gasteiger partial charge is 0.324 e. The Balaban J connectivity index is 2.53. The molecular formula is C12H16ClN3O. The van der Waals surface area contributed by atoms with Crippen LogP contribution in [0, 0.1) is 5.92 Å². The molecular weight excluding hydrogens is 238 g/mol. The number of urea groups is 1. The van der Waals surface area contributed by atoms with Gasteiger partial charge in [0.2, 0.25) is 0 Å². The second-order valence-electron chi connectivity index (χ2n) is 4.00. The molecule has 1 aromatic heterocycles. The van der Waals surface area contributed by atoms with E-state index < -0.39 is 0 Å². The van der Waals surface area contributed by atoms with Crippen LogP contribution in [0.4, 0.5) is 10.6 Å². The van der Waals surface area contributed by atoms with Gasteiger partial charge in [0, 0.05) is 17.4 Å². The lowest BCUT2D eigenvalue weighted by Gasteiger charge is -2.07. The van der Waals surface area contributed by atoms with Crippen molar-refractivity contribution in [3.8, 4) is 0 Å². The van der Waals surface area contributed by atoms with E-state index in [2.05, 4.69) is 29.5 Å². The SMILES string of the molecule is C/C(=C\NC(=O)Nc1cc(Cl)ccn1)C(C)C. The van der Waals surface area contributed by atoms with Gasteiger partial charge in [-0.3, -0.25) is 5.32 Å². The summed E-state index contributed by atoms with van der Waals surface area (Å²) in [5.41, 5.74) is 1.10. The van der Waals surface area contributed by atoms with E-state index in [0.717, 1.165) is 5.57 Å². The third-order valence-corrected chi connectivity index (χ3v) is 2.54. The van der Waals surface area contributed by atoms with Crippen LogP contribution in [-0.4, -0.2) is 11.0 Å². The molecule has 0 aliphatic rings. The van der Waals surface area contributed by atoms with E-state index in [0.29, 0.717) is 16.8 Å². The van der Waals surface area contributed by atoms with Crippen LogP contribution in [0.25, 0.3) is 0 Å². The zero-order valence-corrected chi connectivity index (χ0v) is 10.9. The number of carbonyl (C=O) groups excluding carboxylic acids is 1. The Morgan fingerprint density at radius 2 is 2.24 bits per heavy atom. The third-order valence-electron chi connectivity index (χ3n) is 2.31. The molecule has 0 aromatic carbocycles. The molecule has 0 unspecified atom stereocenters. The maximum Gasteiger partial charge on any atom is 0.324 e. The Morgan fingerprint density at radius 3 is 2.82 bits per heavy atom. The molecule has 1 aromatic rings. The fraction of sp³-hybridized carbons (Fsp3) is 0.333. The second kappa shape index (κ2) is 6.25. The molecule has 0 bridgehead atoms. The highest BCUT2D eigenvalue weighted by atomic mass is 35.5. The summed E-state index contributed by atoms with van der Waals surface area (Å²) in [6.45, 7) is 6.08. The maximum absolute atomic E-state index is 11.5. The van der Waals surface area contributed by atoms with Crippen LogP contribution in [0.3, 0.4) is 0 Å². The first kappa shape index (κ1) is 13.5. The van der Waals surface area contributed by atoms with E-state index in [9.17, 15) is 4.79 Å². The summed E-state index contributed by atoms with van der Waals surface area (Å²) < 4.78 is 0. The number of pyridine rings is 1. The van der Waals surface area contributed by atoms with Crippen LogP contribution in [0.5, 0.6) is 0 Å². The molecule has 4 nitrogen and oxygen atoms in total. The minimum absolute atomic E-state index is 0.334. The fourth-order valence-electron chi connectivity index (χ4n) is 0.972. The van der Waals surface area contributed by atoms with Crippen LogP contribution in [0.15, 0.2) is 30.1 Å². The average Bonchev–Trinajstić information content (AvgIpc) is 2.25. The first-order valence-electron chi connectivity index (χ1n) is 5.34. The van der Waals surface area contributed by atoms with Gasteiger partial charge in [-0.2, -0.15) is 0 Å². The summed E-state index contributed by atoms with van der Waals surface area (Å²) in [7, 11) is 0. The van der Waals surface area contributed by atoms with Gasteiger partial charge in [-0.15, -0.1) is 0 Å². The quantitative estimate of drug-likeness (QED) is 0.867. The first-order valence-corrected chi connectivity index (χ1v) is 5.72. The lowest BCUT2D eigenvalue weighted by molar-refractivity contribution is 0.255. The standard InChI is InChI=1S/C12H16ClN3O/c1-8(2)9(3)7-15-12(17)16-11-6-10(13)4-5-14-11/h4-8H,1-3H3,(H2,14,15,16,17)/b9-7+. The molecule has 0 saturated heterocycles. The lowest BCUT2D eigenvalue weighted by atomic mass is 10.1. The van der Waals surface area contributed by atoms with Gasteiger partial charge in [-0.1, -0.05) is 31.0 Å². The highest BCUT2D eigenvalue weighted by Gasteiger charge is 2.02. The second-order valence-corrected chi connectivity index (χ2v) is 4.44. The van der Waals surface area contributed by atoms with Crippen LogP contribution >= 0.6 is 11.6 Å². The van der Waals surface area contributed by atoms with E-state index in [1.807, 2.05) is 6.92 Å². The summed E-state index contributed by atoms with van der Waals surface area (Å²) in [5, 5.41) is 5.76. The smallest absolute Gasteiger partial charge is 0.314 e. The molecule has 0 spiro atoms. The number of hydrogen-bond acceptors (Lipinski definition) is 2. The van der Waals surface area contributed by atoms with Crippen molar-refractivity contribution in [1.29, 1.82) is 0 Å². The van der Waals surface area contributed by atoms with Crippen LogP contribution in [0.1, 0.15) is 20.8 Å². The average molecular weight is 254 g/mol. The number of allylic oxidation sites excluding steroid dienone is 1. The Bertz CT molecular complexity index is 430. The summed E-state index contributed by atoms with van der Waals surface area (Å²) >= 11 is 5.77. The molecule has 0 aliphatic carbocycles. The first-order chi connectivity index (χ1) is 7.99. The maximum atomic E-state index is 11.5. The van der Waals surface area contributed by atoms with Crippen molar-refractivity contribution >= 4 is 23.4 Å². The van der Waals surface area contributed by atoms with Crippen molar-refractivity contribution < 1.29 is 4.79 Å². The van der Waals surface area contributed by atoms with E-state index >= 15 is 0 Å². The molecule has 2 amide bonds. The van der Waals surface area contributed by atoms with Crippen molar-refractivity contribution in [2.45, 2.75) is 20.8 Å². The molecule has 0 fully saturated rings. The molecule has 2 N–H and O–H groups in total. The predicted molar refractivity (Wildman–Crippen MR) is 70.0 cm³/mol. The molecule has 1 rings (SSSR count). The minimum Gasteiger partial charge on any atom is -0.314 e. The Kier molecular flexibility index (Phi) is 4.97. The Hall–Kier alpha value is -1.55. The zero-order valence-electron chi connectivity index (χ0n) is 10.1. The summed E-state index contributed by atoms with van der Waals surface area (Å²) in [6, 6.07) is 2.90. The van der Waals surface area contributed by atoms with Crippen molar-refractivity contribution in [2.75, 3.05) is 5.32 Å². The summed E-state index contributed by atoms with van der Waals surface area (Å²) in [4.78, 5) is 15.5. The topological polar surface area (TPSA) is 54.0 Å². The Morgan fingerprint density at radius 1 is 1.53 bits per heavy atom.